The highest BCUT2D eigenvalue weighted by Crippen LogP contribution is 2.26. The fraction of sp³-hybridized carbons (Fsp3) is 0.300. The van der Waals surface area contributed by atoms with Crippen molar-refractivity contribution in [3.63, 3.8) is 0 Å². The van der Waals surface area contributed by atoms with E-state index in [1.54, 1.807) is 0 Å². The largest absolute Gasteiger partial charge is 0.275 e. The quantitative estimate of drug-likeness (QED) is 0.715. The van der Waals surface area contributed by atoms with Gasteiger partial charge in [-0.2, -0.15) is 5.10 Å². The number of aromatic nitrogens is 2. The Morgan fingerprint density at radius 2 is 2.23 bits per heavy atom. The van der Waals surface area contributed by atoms with E-state index in [9.17, 15) is 0 Å². The molecule has 2 heterocycles. The minimum atomic E-state index is 1.08. The average molecular weight is 192 g/mol. The second-order valence-corrected chi connectivity index (χ2v) is 4.16. The third-order valence-electron chi connectivity index (χ3n) is 1.98. The zero-order valence-corrected chi connectivity index (χ0v) is 8.64. The number of hydrogen-bond donors (Lipinski definition) is 0. The van der Waals surface area contributed by atoms with Crippen LogP contribution in [0.25, 0.3) is 10.6 Å². The maximum atomic E-state index is 4.36. The van der Waals surface area contributed by atoms with Gasteiger partial charge in [0.25, 0.3) is 0 Å². The molecule has 0 unspecified atom stereocenters. The number of thiophene rings is 1. The van der Waals surface area contributed by atoms with Gasteiger partial charge in [0.2, 0.25) is 0 Å². The van der Waals surface area contributed by atoms with E-state index in [0.29, 0.717) is 0 Å². The van der Waals surface area contributed by atoms with Crippen LogP contribution < -0.4 is 0 Å². The third-order valence-corrected chi connectivity index (χ3v) is 3.23. The van der Waals surface area contributed by atoms with Crippen molar-refractivity contribution >= 4 is 11.3 Å². The molecule has 0 aliphatic carbocycles. The molecule has 0 spiro atoms. The molecule has 0 atom stereocenters. The van der Waals surface area contributed by atoms with Gasteiger partial charge in [-0.05, 0) is 24.6 Å². The smallest absolute Gasteiger partial charge is 0.102 e. The molecule has 0 saturated carbocycles. The molecule has 2 rings (SSSR count). The van der Waals surface area contributed by atoms with Crippen LogP contribution in [0.4, 0.5) is 0 Å². The standard InChI is InChI=1S/C10H12N2S/c1-3-8-4-5-10(13-8)9-6-7-12(2)11-9/h4-7H,3H2,1-2H3. The van der Waals surface area contributed by atoms with Crippen molar-refractivity contribution in [3.8, 4) is 10.6 Å². The summed E-state index contributed by atoms with van der Waals surface area (Å²) in [4.78, 5) is 2.68. The summed E-state index contributed by atoms with van der Waals surface area (Å²) in [5.74, 6) is 0. The lowest BCUT2D eigenvalue weighted by Crippen LogP contribution is -1.86. The predicted molar refractivity (Wildman–Crippen MR) is 55.9 cm³/mol. The minimum absolute atomic E-state index is 1.08. The van der Waals surface area contributed by atoms with E-state index in [2.05, 4.69) is 24.2 Å². The third kappa shape index (κ3) is 1.65. The van der Waals surface area contributed by atoms with Gasteiger partial charge in [-0.15, -0.1) is 11.3 Å². The van der Waals surface area contributed by atoms with Crippen molar-refractivity contribution in [2.75, 3.05) is 0 Å². The minimum Gasteiger partial charge on any atom is -0.275 e. The van der Waals surface area contributed by atoms with Gasteiger partial charge in [0.15, 0.2) is 0 Å². The Labute approximate surface area is 81.8 Å². The van der Waals surface area contributed by atoms with E-state index in [4.69, 9.17) is 0 Å². The van der Waals surface area contributed by atoms with Gasteiger partial charge >= 0.3 is 0 Å². The van der Waals surface area contributed by atoms with Crippen molar-refractivity contribution in [1.82, 2.24) is 9.78 Å². The molecule has 2 nitrogen and oxygen atoms in total. The van der Waals surface area contributed by atoms with E-state index >= 15 is 0 Å². The molecular formula is C10H12N2S. The van der Waals surface area contributed by atoms with Gasteiger partial charge in [-0.3, -0.25) is 4.68 Å². The normalized spacial score (nSPS) is 10.6. The summed E-state index contributed by atoms with van der Waals surface area (Å²) >= 11 is 1.82. The second-order valence-electron chi connectivity index (χ2n) is 2.99. The maximum Gasteiger partial charge on any atom is 0.102 e. The number of rotatable bonds is 2. The van der Waals surface area contributed by atoms with Crippen LogP contribution in [0.2, 0.25) is 0 Å². The lowest BCUT2D eigenvalue weighted by atomic mass is 10.3. The van der Waals surface area contributed by atoms with Crippen LogP contribution in [0.5, 0.6) is 0 Å². The Morgan fingerprint density at radius 3 is 2.77 bits per heavy atom. The Hall–Kier alpha value is -1.09. The van der Waals surface area contributed by atoms with Crippen LogP contribution in [0.1, 0.15) is 11.8 Å². The van der Waals surface area contributed by atoms with Crippen LogP contribution in [-0.4, -0.2) is 9.78 Å². The zero-order chi connectivity index (χ0) is 9.26. The van der Waals surface area contributed by atoms with Crippen molar-refractivity contribution in [1.29, 1.82) is 0 Å². The lowest BCUT2D eigenvalue weighted by molar-refractivity contribution is 0.771. The second kappa shape index (κ2) is 3.34. The molecule has 2 aromatic heterocycles. The first-order valence-electron chi connectivity index (χ1n) is 4.38. The molecule has 0 saturated heterocycles. The van der Waals surface area contributed by atoms with Crippen LogP contribution in [0.15, 0.2) is 24.4 Å². The fourth-order valence-corrected chi connectivity index (χ4v) is 2.16. The number of hydrogen-bond acceptors (Lipinski definition) is 2. The highest BCUT2D eigenvalue weighted by Gasteiger charge is 2.03. The molecule has 0 radical (unpaired) electrons. The molecule has 3 heteroatoms. The summed E-state index contributed by atoms with van der Waals surface area (Å²) in [6.45, 7) is 2.17. The number of nitrogens with zero attached hydrogens (tertiary/aromatic N) is 2. The van der Waals surface area contributed by atoms with E-state index in [0.717, 1.165) is 12.1 Å². The van der Waals surface area contributed by atoms with E-state index in [-0.39, 0.29) is 0 Å². The Bertz CT molecular complexity index is 400. The van der Waals surface area contributed by atoms with Crippen molar-refractivity contribution in [2.45, 2.75) is 13.3 Å². The molecule has 0 aliphatic rings. The van der Waals surface area contributed by atoms with Gasteiger partial charge in [0, 0.05) is 18.1 Å². The molecule has 0 aliphatic heterocycles. The first-order valence-corrected chi connectivity index (χ1v) is 5.20. The van der Waals surface area contributed by atoms with Crippen LogP contribution in [-0.2, 0) is 13.5 Å². The molecule has 2 aromatic rings. The summed E-state index contributed by atoms with van der Waals surface area (Å²) in [6.07, 6.45) is 3.08. The van der Waals surface area contributed by atoms with Crippen molar-refractivity contribution in [2.24, 2.45) is 7.05 Å². The van der Waals surface area contributed by atoms with E-state index in [1.165, 1.54) is 9.75 Å². The lowest BCUT2D eigenvalue weighted by Gasteiger charge is -1.88. The molecule has 13 heavy (non-hydrogen) atoms. The van der Waals surface area contributed by atoms with Crippen molar-refractivity contribution in [3.05, 3.63) is 29.3 Å². The van der Waals surface area contributed by atoms with Crippen LogP contribution in [0, 0.1) is 0 Å². The molecule has 0 N–H and O–H groups in total. The molecule has 0 aromatic carbocycles. The van der Waals surface area contributed by atoms with E-state index < -0.39 is 0 Å². The molecule has 0 amide bonds. The van der Waals surface area contributed by atoms with Gasteiger partial charge in [-0.1, -0.05) is 6.92 Å². The molecule has 0 bridgehead atoms. The first-order chi connectivity index (χ1) is 6.29. The van der Waals surface area contributed by atoms with Crippen LogP contribution in [0.3, 0.4) is 0 Å². The van der Waals surface area contributed by atoms with Gasteiger partial charge in [0.1, 0.15) is 5.69 Å². The summed E-state index contributed by atoms with van der Waals surface area (Å²) in [6, 6.07) is 6.37. The summed E-state index contributed by atoms with van der Waals surface area (Å²) in [5.41, 5.74) is 1.08. The summed E-state index contributed by atoms with van der Waals surface area (Å²) < 4.78 is 1.83. The SMILES string of the molecule is CCc1ccc(-c2ccn(C)n2)s1. The van der Waals surface area contributed by atoms with Gasteiger partial charge < -0.3 is 0 Å². The van der Waals surface area contributed by atoms with E-state index in [1.807, 2.05) is 35.3 Å². The Balaban J connectivity index is 2.35. The topological polar surface area (TPSA) is 17.8 Å². The fourth-order valence-electron chi connectivity index (χ4n) is 1.25. The molecule has 68 valence electrons. The number of aryl methyl sites for hydroxylation is 2. The van der Waals surface area contributed by atoms with Gasteiger partial charge in [0.05, 0.1) is 4.88 Å². The molecular weight excluding hydrogens is 180 g/mol. The predicted octanol–water partition coefficient (Wildman–Crippen LogP) is 2.71. The highest BCUT2D eigenvalue weighted by atomic mass is 32.1. The average Bonchev–Trinajstić information content (AvgIpc) is 2.71. The first kappa shape index (κ1) is 8.51. The zero-order valence-electron chi connectivity index (χ0n) is 7.82. The maximum absolute atomic E-state index is 4.36. The van der Waals surface area contributed by atoms with Gasteiger partial charge in [-0.25, -0.2) is 0 Å². The summed E-state index contributed by atoms with van der Waals surface area (Å²) in [5, 5.41) is 4.36. The Morgan fingerprint density at radius 1 is 1.38 bits per heavy atom. The van der Waals surface area contributed by atoms with Crippen molar-refractivity contribution < 1.29 is 0 Å². The summed E-state index contributed by atoms with van der Waals surface area (Å²) in [7, 11) is 1.94. The molecule has 0 fully saturated rings. The Kier molecular flexibility index (Phi) is 2.19. The monoisotopic (exact) mass is 192 g/mol. The van der Waals surface area contributed by atoms with Crippen LogP contribution >= 0.6 is 11.3 Å². The highest BCUT2D eigenvalue weighted by molar-refractivity contribution is 7.15.